The zero-order valence-corrected chi connectivity index (χ0v) is 20.9. The maximum absolute atomic E-state index is 6.00. The van der Waals surface area contributed by atoms with Crippen molar-refractivity contribution in [3.63, 3.8) is 0 Å². The first-order chi connectivity index (χ1) is 17.3. The molecule has 4 heteroatoms. The summed E-state index contributed by atoms with van der Waals surface area (Å²) >= 11 is 0. The average molecular weight is 470 g/mol. The molecule has 0 bridgehead atoms. The van der Waals surface area contributed by atoms with Crippen LogP contribution in [0.25, 0.3) is 11.1 Å². The Hall–Kier alpha value is -2.82. The summed E-state index contributed by atoms with van der Waals surface area (Å²) in [6.45, 7) is 8.89. The molecule has 4 nitrogen and oxygen atoms in total. The van der Waals surface area contributed by atoms with Gasteiger partial charge in [-0.3, -0.25) is 4.90 Å². The molecule has 184 valence electrons. The Bertz CT molecular complexity index is 1040. The molecular formula is C31H39N3O. The van der Waals surface area contributed by atoms with Crippen LogP contribution >= 0.6 is 0 Å². The standard InChI is InChI=1S/C31H39N3O/c1-2-8-31(27-11-15-30(16-12-27)35-24-23-34-20-5-6-21-34)28(7-1)25-26-9-13-29(14-10-26)32-17-22-33-18-3-4-19-33/h1-2,7-16,32H,3-6,17-25H2. The van der Waals surface area contributed by atoms with Crippen LogP contribution < -0.4 is 10.1 Å². The van der Waals surface area contributed by atoms with Gasteiger partial charge >= 0.3 is 0 Å². The summed E-state index contributed by atoms with van der Waals surface area (Å²) in [4.78, 5) is 5.04. The lowest BCUT2D eigenvalue weighted by Crippen LogP contribution is -2.25. The van der Waals surface area contributed by atoms with E-state index in [1.165, 1.54) is 79.8 Å². The molecule has 0 unspecified atom stereocenters. The van der Waals surface area contributed by atoms with Crippen molar-refractivity contribution < 1.29 is 4.74 Å². The van der Waals surface area contributed by atoms with Crippen LogP contribution in [0.5, 0.6) is 5.75 Å². The summed E-state index contributed by atoms with van der Waals surface area (Å²) in [6, 6.07) is 26.3. The number of hydrogen-bond acceptors (Lipinski definition) is 4. The fourth-order valence-corrected chi connectivity index (χ4v) is 5.31. The maximum Gasteiger partial charge on any atom is 0.119 e. The minimum Gasteiger partial charge on any atom is -0.492 e. The first-order valence-corrected chi connectivity index (χ1v) is 13.4. The molecule has 0 atom stereocenters. The van der Waals surface area contributed by atoms with Crippen LogP contribution in [0.3, 0.4) is 0 Å². The molecule has 0 amide bonds. The second-order valence-corrected chi connectivity index (χ2v) is 9.93. The summed E-state index contributed by atoms with van der Waals surface area (Å²) in [5, 5.41) is 3.58. The first kappa shape index (κ1) is 23.9. The van der Waals surface area contributed by atoms with Gasteiger partial charge in [0.2, 0.25) is 0 Å². The summed E-state index contributed by atoms with van der Waals surface area (Å²) in [6.07, 6.45) is 6.29. The van der Waals surface area contributed by atoms with Crippen LogP contribution in [0.4, 0.5) is 5.69 Å². The minimum absolute atomic E-state index is 0.763. The van der Waals surface area contributed by atoms with Crippen LogP contribution in [0.15, 0.2) is 72.8 Å². The van der Waals surface area contributed by atoms with E-state index in [1.54, 1.807) is 0 Å². The third-order valence-corrected chi connectivity index (χ3v) is 7.36. The van der Waals surface area contributed by atoms with Gasteiger partial charge in [-0.15, -0.1) is 0 Å². The van der Waals surface area contributed by atoms with Gasteiger partial charge in [0.1, 0.15) is 12.4 Å². The molecular weight excluding hydrogens is 430 g/mol. The van der Waals surface area contributed by atoms with Crippen LogP contribution in [0.1, 0.15) is 36.8 Å². The number of likely N-dealkylation sites (tertiary alicyclic amines) is 2. The van der Waals surface area contributed by atoms with Crippen molar-refractivity contribution in [1.82, 2.24) is 9.80 Å². The van der Waals surface area contributed by atoms with Crippen LogP contribution in [-0.2, 0) is 6.42 Å². The SMILES string of the molecule is c1ccc(-c2ccc(OCCN3CCCC3)cc2)c(Cc2ccc(NCCN3CCCC3)cc2)c1. The lowest BCUT2D eigenvalue weighted by Gasteiger charge is -2.16. The van der Waals surface area contributed by atoms with Crippen LogP contribution in [0, 0.1) is 0 Å². The molecule has 0 radical (unpaired) electrons. The normalized spacial score (nSPS) is 16.6. The third kappa shape index (κ3) is 6.87. The summed E-state index contributed by atoms with van der Waals surface area (Å²) in [5.74, 6) is 0.957. The largest absolute Gasteiger partial charge is 0.492 e. The Morgan fingerprint density at radius 3 is 2.06 bits per heavy atom. The van der Waals surface area contributed by atoms with E-state index in [-0.39, 0.29) is 0 Å². The van der Waals surface area contributed by atoms with Crippen LogP contribution in [0.2, 0.25) is 0 Å². The van der Waals surface area contributed by atoms with Crippen molar-refractivity contribution in [2.75, 3.05) is 57.7 Å². The predicted molar refractivity (Wildman–Crippen MR) is 146 cm³/mol. The minimum atomic E-state index is 0.763. The van der Waals surface area contributed by atoms with Gasteiger partial charge in [0, 0.05) is 25.3 Å². The second kappa shape index (κ2) is 12.2. The smallest absolute Gasteiger partial charge is 0.119 e. The highest BCUT2D eigenvalue weighted by Gasteiger charge is 2.12. The fourth-order valence-electron chi connectivity index (χ4n) is 5.31. The van der Waals surface area contributed by atoms with Gasteiger partial charge < -0.3 is 15.0 Å². The number of rotatable bonds is 11. The zero-order chi connectivity index (χ0) is 23.7. The number of ether oxygens (including phenoxy) is 1. The molecule has 0 spiro atoms. The van der Waals surface area contributed by atoms with Crippen molar-refractivity contribution in [2.45, 2.75) is 32.1 Å². The van der Waals surface area contributed by atoms with E-state index in [0.717, 1.165) is 38.4 Å². The highest BCUT2D eigenvalue weighted by Crippen LogP contribution is 2.28. The van der Waals surface area contributed by atoms with E-state index < -0.39 is 0 Å². The van der Waals surface area contributed by atoms with E-state index >= 15 is 0 Å². The molecule has 0 aliphatic carbocycles. The molecule has 2 heterocycles. The first-order valence-electron chi connectivity index (χ1n) is 13.4. The molecule has 1 N–H and O–H groups in total. The Kier molecular flexibility index (Phi) is 8.35. The van der Waals surface area contributed by atoms with E-state index in [2.05, 4.69) is 87.9 Å². The Balaban J connectivity index is 1.15. The van der Waals surface area contributed by atoms with E-state index in [9.17, 15) is 0 Å². The van der Waals surface area contributed by atoms with Crippen molar-refractivity contribution in [3.8, 4) is 16.9 Å². The van der Waals surface area contributed by atoms with E-state index in [4.69, 9.17) is 4.74 Å². The number of hydrogen-bond donors (Lipinski definition) is 1. The van der Waals surface area contributed by atoms with Crippen molar-refractivity contribution in [1.29, 1.82) is 0 Å². The van der Waals surface area contributed by atoms with E-state index in [0.29, 0.717) is 0 Å². The average Bonchev–Trinajstić information content (AvgIpc) is 3.61. The molecule has 3 aromatic carbocycles. The summed E-state index contributed by atoms with van der Waals surface area (Å²) < 4.78 is 6.00. The number of nitrogens with one attached hydrogen (secondary N) is 1. The Morgan fingerprint density at radius 1 is 0.686 bits per heavy atom. The van der Waals surface area contributed by atoms with Crippen molar-refractivity contribution in [3.05, 3.63) is 83.9 Å². The monoisotopic (exact) mass is 469 g/mol. The maximum atomic E-state index is 6.00. The van der Waals surface area contributed by atoms with Gasteiger partial charge in [-0.25, -0.2) is 0 Å². The van der Waals surface area contributed by atoms with Gasteiger partial charge in [0.25, 0.3) is 0 Å². The van der Waals surface area contributed by atoms with Gasteiger partial charge in [0.05, 0.1) is 0 Å². The fraction of sp³-hybridized carbons (Fsp3) is 0.419. The van der Waals surface area contributed by atoms with Gasteiger partial charge in [-0.2, -0.15) is 0 Å². The predicted octanol–water partition coefficient (Wildman–Crippen LogP) is 5.93. The highest BCUT2D eigenvalue weighted by atomic mass is 16.5. The lowest BCUT2D eigenvalue weighted by atomic mass is 9.95. The molecule has 3 aromatic rings. The number of nitrogens with zero attached hydrogens (tertiary/aromatic N) is 2. The molecule has 2 saturated heterocycles. The molecule has 2 fully saturated rings. The molecule has 2 aliphatic rings. The Labute approximate surface area is 210 Å². The number of benzene rings is 3. The van der Waals surface area contributed by atoms with E-state index in [1.807, 2.05) is 0 Å². The molecule has 5 rings (SSSR count). The topological polar surface area (TPSA) is 27.7 Å². The Morgan fingerprint density at radius 2 is 1.34 bits per heavy atom. The highest BCUT2D eigenvalue weighted by molar-refractivity contribution is 5.68. The van der Waals surface area contributed by atoms with Crippen molar-refractivity contribution >= 4 is 5.69 Å². The quantitative estimate of drug-likeness (QED) is 0.377. The summed E-state index contributed by atoms with van der Waals surface area (Å²) in [5.41, 5.74) is 6.44. The molecule has 0 saturated carbocycles. The van der Waals surface area contributed by atoms with Gasteiger partial charge in [0.15, 0.2) is 0 Å². The van der Waals surface area contributed by atoms with Gasteiger partial charge in [-0.05, 0) is 105 Å². The lowest BCUT2D eigenvalue weighted by molar-refractivity contribution is 0.238. The molecule has 35 heavy (non-hydrogen) atoms. The molecule has 2 aliphatic heterocycles. The third-order valence-electron chi connectivity index (χ3n) is 7.36. The van der Waals surface area contributed by atoms with Crippen molar-refractivity contribution in [2.24, 2.45) is 0 Å². The zero-order valence-electron chi connectivity index (χ0n) is 20.9. The molecule has 0 aromatic heterocycles. The van der Waals surface area contributed by atoms with Crippen LogP contribution in [-0.4, -0.2) is 62.2 Å². The second-order valence-electron chi connectivity index (χ2n) is 9.93. The van der Waals surface area contributed by atoms with Gasteiger partial charge in [-0.1, -0.05) is 48.5 Å². The number of anilines is 1. The summed E-state index contributed by atoms with van der Waals surface area (Å²) in [7, 11) is 0.